The summed E-state index contributed by atoms with van der Waals surface area (Å²) in [7, 11) is 3.55. The lowest BCUT2D eigenvalue weighted by atomic mass is 10.1. The molecule has 1 aliphatic rings. The Labute approximate surface area is 242 Å². The van der Waals surface area contributed by atoms with Crippen molar-refractivity contribution in [1.82, 2.24) is 25.1 Å². The van der Waals surface area contributed by atoms with Crippen LogP contribution in [0.5, 0.6) is 11.5 Å². The van der Waals surface area contributed by atoms with Gasteiger partial charge in [0.15, 0.2) is 0 Å². The first-order valence-electron chi connectivity index (χ1n) is 13.6. The Morgan fingerprint density at radius 2 is 1.95 bits per heavy atom. The van der Waals surface area contributed by atoms with Crippen LogP contribution in [0.4, 0.5) is 4.79 Å². The third-order valence-electron chi connectivity index (χ3n) is 7.23. The Hall–Kier alpha value is -4.12. The van der Waals surface area contributed by atoms with Crippen molar-refractivity contribution >= 4 is 50.4 Å². The van der Waals surface area contributed by atoms with Gasteiger partial charge in [0.05, 0.1) is 32.8 Å². The van der Waals surface area contributed by atoms with E-state index in [0.29, 0.717) is 40.5 Å². The van der Waals surface area contributed by atoms with Gasteiger partial charge in [-0.05, 0) is 52.3 Å². The second kappa shape index (κ2) is 11.0. The highest BCUT2D eigenvalue weighted by Crippen LogP contribution is 2.37. The standard InChI is InChI=1S/C30H35N5O5S/c1-17-25(27(36)31-5)20-8-7-19(13-22(20)34(17)6)40-23-9-11-32-21-14-24(41-26(21)23)28(37)35-12-10-18(15-35)16-39-29(38)33-30(2,3)4/h7-9,11,13-14,18H,10,12,15-16H2,1-6H3,(H,31,36)(H,33,38). The first kappa shape index (κ1) is 28.4. The molecule has 0 spiro atoms. The van der Waals surface area contributed by atoms with Crippen LogP contribution in [0.2, 0.25) is 0 Å². The minimum atomic E-state index is -0.446. The molecule has 0 bridgehead atoms. The molecule has 0 saturated carbocycles. The van der Waals surface area contributed by atoms with Crippen molar-refractivity contribution in [3.63, 3.8) is 0 Å². The number of hydrogen-bond acceptors (Lipinski definition) is 7. The van der Waals surface area contributed by atoms with E-state index in [1.165, 1.54) is 11.3 Å². The fourth-order valence-electron chi connectivity index (χ4n) is 5.09. The van der Waals surface area contributed by atoms with Crippen molar-refractivity contribution in [1.29, 1.82) is 0 Å². The minimum absolute atomic E-state index is 0.0666. The number of alkyl carbamates (subject to hydrolysis) is 1. The van der Waals surface area contributed by atoms with Crippen molar-refractivity contribution in [2.24, 2.45) is 13.0 Å². The van der Waals surface area contributed by atoms with Gasteiger partial charge in [0.2, 0.25) is 0 Å². The van der Waals surface area contributed by atoms with Crippen LogP contribution in [0.3, 0.4) is 0 Å². The predicted octanol–water partition coefficient (Wildman–Crippen LogP) is 5.24. The molecule has 0 aliphatic carbocycles. The maximum atomic E-state index is 13.4. The largest absolute Gasteiger partial charge is 0.456 e. The lowest BCUT2D eigenvalue weighted by Gasteiger charge is -2.21. The molecule has 1 unspecified atom stereocenters. The molecule has 0 radical (unpaired) electrons. The number of hydrogen-bond donors (Lipinski definition) is 2. The molecule has 2 N–H and O–H groups in total. The summed E-state index contributed by atoms with van der Waals surface area (Å²) < 4.78 is 14.4. The summed E-state index contributed by atoms with van der Waals surface area (Å²) in [6.07, 6.45) is 1.99. The number of benzene rings is 1. The van der Waals surface area contributed by atoms with E-state index in [1.54, 1.807) is 30.3 Å². The third kappa shape index (κ3) is 5.85. The van der Waals surface area contributed by atoms with E-state index in [-0.39, 0.29) is 29.9 Å². The SMILES string of the molecule is CNC(=O)c1c(C)n(C)c2cc(Oc3ccnc4cc(C(=O)N5CCC(COC(=O)NC(C)(C)C)C5)sc34)ccc12. The number of rotatable bonds is 6. The number of carbonyl (C=O) groups excluding carboxylic acids is 3. The highest BCUT2D eigenvalue weighted by molar-refractivity contribution is 7.21. The van der Waals surface area contributed by atoms with Gasteiger partial charge in [0.1, 0.15) is 11.5 Å². The molecule has 1 fully saturated rings. The smallest absolute Gasteiger partial charge is 0.407 e. The van der Waals surface area contributed by atoms with Crippen LogP contribution in [0.25, 0.3) is 21.1 Å². The number of aryl methyl sites for hydroxylation is 1. The predicted molar refractivity (Wildman–Crippen MR) is 159 cm³/mol. The summed E-state index contributed by atoms with van der Waals surface area (Å²) in [5.41, 5.74) is 2.72. The first-order chi connectivity index (χ1) is 19.4. The zero-order valence-electron chi connectivity index (χ0n) is 24.2. The normalized spacial score (nSPS) is 15.4. The molecule has 4 heterocycles. The molecule has 5 rings (SSSR count). The van der Waals surface area contributed by atoms with Crippen molar-refractivity contribution in [3.8, 4) is 11.5 Å². The Balaban J connectivity index is 1.30. The van der Waals surface area contributed by atoms with Gasteiger partial charge in [0.25, 0.3) is 11.8 Å². The highest BCUT2D eigenvalue weighted by Gasteiger charge is 2.29. The monoisotopic (exact) mass is 577 g/mol. The molecule has 1 aliphatic heterocycles. The maximum absolute atomic E-state index is 13.4. The number of nitrogens with one attached hydrogen (secondary N) is 2. The van der Waals surface area contributed by atoms with Crippen LogP contribution in [-0.2, 0) is 11.8 Å². The van der Waals surface area contributed by atoms with Gasteiger partial charge in [-0.2, -0.15) is 0 Å². The van der Waals surface area contributed by atoms with Gasteiger partial charge in [-0.25, -0.2) is 4.79 Å². The molecule has 4 aromatic rings. The average molecular weight is 578 g/mol. The van der Waals surface area contributed by atoms with Gasteiger partial charge in [-0.1, -0.05) is 0 Å². The lowest BCUT2D eigenvalue weighted by molar-refractivity contribution is 0.0781. The molecule has 41 heavy (non-hydrogen) atoms. The molecule has 3 amide bonds. The quantitative estimate of drug-likeness (QED) is 0.324. The summed E-state index contributed by atoms with van der Waals surface area (Å²) in [5.74, 6) is 1.12. The summed E-state index contributed by atoms with van der Waals surface area (Å²) in [5, 5.41) is 6.35. The average Bonchev–Trinajstić information content (AvgIpc) is 3.64. The second-order valence-corrected chi connectivity index (χ2v) is 12.4. The summed E-state index contributed by atoms with van der Waals surface area (Å²) in [6, 6.07) is 9.23. The molecule has 216 valence electrons. The summed E-state index contributed by atoms with van der Waals surface area (Å²) in [4.78, 5) is 44.7. The zero-order chi connectivity index (χ0) is 29.5. The van der Waals surface area contributed by atoms with Gasteiger partial charge in [0, 0.05) is 68.1 Å². The van der Waals surface area contributed by atoms with Crippen molar-refractivity contribution < 1.29 is 23.9 Å². The number of likely N-dealkylation sites (tertiary alicyclic amines) is 1. The lowest BCUT2D eigenvalue weighted by Crippen LogP contribution is -2.41. The Kier molecular flexibility index (Phi) is 7.65. The number of aromatic nitrogens is 2. The van der Waals surface area contributed by atoms with Crippen molar-refractivity contribution in [2.45, 2.75) is 39.7 Å². The number of nitrogens with zero attached hydrogens (tertiary/aromatic N) is 3. The van der Waals surface area contributed by atoms with Gasteiger partial charge >= 0.3 is 6.09 Å². The van der Waals surface area contributed by atoms with E-state index in [1.807, 2.05) is 57.5 Å². The molecule has 1 aromatic carbocycles. The Morgan fingerprint density at radius 1 is 1.17 bits per heavy atom. The minimum Gasteiger partial charge on any atom is -0.456 e. The maximum Gasteiger partial charge on any atom is 0.407 e. The number of fused-ring (bicyclic) bond motifs is 2. The van der Waals surface area contributed by atoms with E-state index < -0.39 is 6.09 Å². The molecular formula is C30H35N5O5S. The second-order valence-electron chi connectivity index (χ2n) is 11.4. The van der Waals surface area contributed by atoms with Crippen LogP contribution < -0.4 is 15.4 Å². The van der Waals surface area contributed by atoms with E-state index in [0.717, 1.165) is 27.7 Å². The van der Waals surface area contributed by atoms with E-state index >= 15 is 0 Å². The highest BCUT2D eigenvalue weighted by atomic mass is 32.1. The van der Waals surface area contributed by atoms with Gasteiger partial charge < -0.3 is 29.6 Å². The van der Waals surface area contributed by atoms with Crippen LogP contribution in [0.15, 0.2) is 36.5 Å². The molecular weight excluding hydrogens is 542 g/mol. The van der Waals surface area contributed by atoms with Crippen LogP contribution >= 0.6 is 11.3 Å². The number of amides is 3. The molecule has 10 nitrogen and oxygen atoms in total. The number of ether oxygens (including phenoxy) is 2. The Morgan fingerprint density at radius 3 is 2.68 bits per heavy atom. The number of thiophene rings is 1. The summed E-state index contributed by atoms with van der Waals surface area (Å²) in [6.45, 7) is 9.01. The van der Waals surface area contributed by atoms with E-state index in [9.17, 15) is 14.4 Å². The van der Waals surface area contributed by atoms with Gasteiger partial charge in [-0.3, -0.25) is 14.6 Å². The fraction of sp³-hybridized carbons (Fsp3) is 0.400. The third-order valence-corrected chi connectivity index (χ3v) is 8.36. The van der Waals surface area contributed by atoms with Crippen LogP contribution in [0.1, 0.15) is 52.9 Å². The van der Waals surface area contributed by atoms with Gasteiger partial charge in [-0.15, -0.1) is 11.3 Å². The molecule has 3 aromatic heterocycles. The zero-order valence-corrected chi connectivity index (χ0v) is 25.0. The van der Waals surface area contributed by atoms with Crippen molar-refractivity contribution in [3.05, 3.63) is 52.7 Å². The van der Waals surface area contributed by atoms with Crippen LogP contribution in [0, 0.1) is 12.8 Å². The first-order valence-corrected chi connectivity index (χ1v) is 14.4. The fourth-order valence-corrected chi connectivity index (χ4v) is 6.12. The molecule has 1 saturated heterocycles. The number of pyridine rings is 1. The van der Waals surface area contributed by atoms with E-state index in [2.05, 4.69) is 15.6 Å². The molecule has 1 atom stereocenters. The van der Waals surface area contributed by atoms with E-state index in [4.69, 9.17) is 9.47 Å². The Bertz CT molecular complexity index is 1650. The number of carbonyl (C=O) groups is 3. The molecule has 11 heteroatoms. The topological polar surface area (TPSA) is 115 Å². The summed E-state index contributed by atoms with van der Waals surface area (Å²) >= 11 is 1.35. The van der Waals surface area contributed by atoms with Crippen molar-refractivity contribution in [2.75, 3.05) is 26.7 Å². The van der Waals surface area contributed by atoms with Crippen LogP contribution in [-0.4, -0.2) is 64.6 Å².